The van der Waals surface area contributed by atoms with E-state index in [4.69, 9.17) is 11.6 Å². The second-order valence-electron chi connectivity index (χ2n) is 4.33. The number of halogens is 1. The summed E-state index contributed by atoms with van der Waals surface area (Å²) in [6.45, 7) is 3.05. The summed E-state index contributed by atoms with van der Waals surface area (Å²) in [7, 11) is 0. The fourth-order valence-corrected chi connectivity index (χ4v) is 2.76. The maximum Gasteiger partial charge on any atom is 0.225 e. The lowest BCUT2D eigenvalue weighted by Crippen LogP contribution is -2.11. The Hall–Kier alpha value is -1.00. The minimum absolute atomic E-state index is 0.460. The largest absolute Gasteiger partial charge is 0.297 e. The van der Waals surface area contributed by atoms with E-state index in [0.717, 1.165) is 23.7 Å². The highest BCUT2D eigenvalue weighted by atomic mass is 35.5. The van der Waals surface area contributed by atoms with Crippen molar-refractivity contribution in [2.45, 2.75) is 13.5 Å². The summed E-state index contributed by atoms with van der Waals surface area (Å²) in [5, 5.41) is 8.61. The van der Waals surface area contributed by atoms with Crippen molar-refractivity contribution in [2.24, 2.45) is 5.92 Å². The van der Waals surface area contributed by atoms with E-state index in [1.54, 1.807) is 0 Å². The fourth-order valence-electron chi connectivity index (χ4n) is 1.90. The molecule has 1 aromatic heterocycles. The van der Waals surface area contributed by atoms with Crippen LogP contribution in [0.25, 0.3) is 11.4 Å². The third kappa shape index (κ3) is 3.06. The minimum atomic E-state index is 0.460. The zero-order chi connectivity index (χ0) is 13.0. The SMILES string of the molecule is CSCC(C)Cn1c(Cl)nnc1-c1ccccc1. The topological polar surface area (TPSA) is 30.7 Å². The molecule has 2 rings (SSSR count). The number of nitrogens with zero attached hydrogens (tertiary/aromatic N) is 3. The van der Waals surface area contributed by atoms with Crippen molar-refractivity contribution in [1.82, 2.24) is 14.8 Å². The molecule has 1 heterocycles. The van der Waals surface area contributed by atoms with Gasteiger partial charge < -0.3 is 0 Å². The van der Waals surface area contributed by atoms with E-state index in [-0.39, 0.29) is 0 Å². The predicted octanol–water partition coefficient (Wildman–Crippen LogP) is 3.60. The van der Waals surface area contributed by atoms with Crippen LogP contribution in [-0.2, 0) is 6.54 Å². The van der Waals surface area contributed by atoms with E-state index in [1.165, 1.54) is 0 Å². The number of aromatic nitrogens is 3. The first-order chi connectivity index (χ1) is 8.72. The second kappa shape index (κ2) is 6.25. The van der Waals surface area contributed by atoms with Crippen molar-refractivity contribution < 1.29 is 0 Å². The maximum absolute atomic E-state index is 6.12. The molecule has 0 fully saturated rings. The number of rotatable bonds is 5. The fraction of sp³-hybridized carbons (Fsp3) is 0.385. The van der Waals surface area contributed by atoms with Gasteiger partial charge in [-0.2, -0.15) is 11.8 Å². The molecular formula is C13H16ClN3S. The van der Waals surface area contributed by atoms with Crippen LogP contribution in [0.4, 0.5) is 0 Å². The zero-order valence-corrected chi connectivity index (χ0v) is 12.1. The molecule has 0 aliphatic rings. The highest BCUT2D eigenvalue weighted by molar-refractivity contribution is 7.98. The molecule has 1 atom stereocenters. The molecule has 0 saturated heterocycles. The molecule has 0 amide bonds. The van der Waals surface area contributed by atoms with Crippen LogP contribution in [0, 0.1) is 5.92 Å². The molecule has 0 N–H and O–H groups in total. The van der Waals surface area contributed by atoms with Crippen LogP contribution in [0.3, 0.4) is 0 Å². The lowest BCUT2D eigenvalue weighted by Gasteiger charge is -2.13. The Morgan fingerprint density at radius 3 is 2.67 bits per heavy atom. The van der Waals surface area contributed by atoms with E-state index in [9.17, 15) is 0 Å². The molecule has 1 aromatic carbocycles. The first kappa shape index (κ1) is 13.4. The Bertz CT molecular complexity index is 498. The van der Waals surface area contributed by atoms with E-state index in [1.807, 2.05) is 46.7 Å². The summed E-state index contributed by atoms with van der Waals surface area (Å²) >= 11 is 7.96. The molecule has 96 valence electrons. The first-order valence-corrected chi connectivity index (χ1v) is 7.62. The van der Waals surface area contributed by atoms with Crippen molar-refractivity contribution in [3.63, 3.8) is 0 Å². The van der Waals surface area contributed by atoms with E-state index in [2.05, 4.69) is 23.4 Å². The average molecular weight is 282 g/mol. The van der Waals surface area contributed by atoms with Gasteiger partial charge in [0.2, 0.25) is 5.28 Å². The molecule has 1 unspecified atom stereocenters. The average Bonchev–Trinajstić information content (AvgIpc) is 2.73. The van der Waals surface area contributed by atoms with Gasteiger partial charge in [-0.05, 0) is 29.5 Å². The Labute approximate surface area is 117 Å². The summed E-state index contributed by atoms with van der Waals surface area (Å²) in [5.41, 5.74) is 1.05. The zero-order valence-electron chi connectivity index (χ0n) is 10.5. The van der Waals surface area contributed by atoms with Gasteiger partial charge in [0.25, 0.3) is 0 Å². The third-order valence-electron chi connectivity index (χ3n) is 2.68. The van der Waals surface area contributed by atoms with Gasteiger partial charge in [-0.25, -0.2) is 0 Å². The lowest BCUT2D eigenvalue weighted by molar-refractivity contribution is 0.534. The van der Waals surface area contributed by atoms with E-state index < -0.39 is 0 Å². The predicted molar refractivity (Wildman–Crippen MR) is 78.0 cm³/mol. The van der Waals surface area contributed by atoms with Gasteiger partial charge in [0.1, 0.15) is 0 Å². The molecule has 0 aliphatic heterocycles. The number of benzene rings is 1. The number of hydrogen-bond donors (Lipinski definition) is 0. The van der Waals surface area contributed by atoms with Crippen LogP contribution in [0.2, 0.25) is 5.28 Å². The maximum atomic E-state index is 6.12. The van der Waals surface area contributed by atoms with Crippen molar-refractivity contribution in [3.8, 4) is 11.4 Å². The van der Waals surface area contributed by atoms with Gasteiger partial charge in [-0.1, -0.05) is 37.3 Å². The Kier molecular flexibility index (Phi) is 4.66. The van der Waals surface area contributed by atoms with Crippen molar-refractivity contribution in [3.05, 3.63) is 35.6 Å². The monoisotopic (exact) mass is 281 g/mol. The molecule has 5 heteroatoms. The minimum Gasteiger partial charge on any atom is -0.297 e. The summed E-state index contributed by atoms with van der Waals surface area (Å²) in [4.78, 5) is 0. The van der Waals surface area contributed by atoms with Gasteiger partial charge in [-0.3, -0.25) is 4.57 Å². The smallest absolute Gasteiger partial charge is 0.225 e. The lowest BCUT2D eigenvalue weighted by atomic mass is 10.2. The molecule has 0 aliphatic carbocycles. The van der Waals surface area contributed by atoms with Crippen LogP contribution < -0.4 is 0 Å². The second-order valence-corrected chi connectivity index (χ2v) is 5.58. The Morgan fingerprint density at radius 1 is 1.28 bits per heavy atom. The first-order valence-electron chi connectivity index (χ1n) is 5.85. The Balaban J connectivity index is 2.28. The molecule has 2 aromatic rings. The van der Waals surface area contributed by atoms with Gasteiger partial charge in [0, 0.05) is 12.1 Å². The highest BCUT2D eigenvalue weighted by Gasteiger charge is 2.14. The highest BCUT2D eigenvalue weighted by Crippen LogP contribution is 2.22. The van der Waals surface area contributed by atoms with Gasteiger partial charge >= 0.3 is 0 Å². The quantitative estimate of drug-likeness (QED) is 0.839. The summed E-state index contributed by atoms with van der Waals surface area (Å²) in [6, 6.07) is 10.0. The van der Waals surface area contributed by atoms with E-state index >= 15 is 0 Å². The van der Waals surface area contributed by atoms with Gasteiger partial charge in [0.15, 0.2) is 5.82 Å². The van der Waals surface area contributed by atoms with Crippen LogP contribution in [0.15, 0.2) is 30.3 Å². The van der Waals surface area contributed by atoms with Crippen LogP contribution in [0.1, 0.15) is 6.92 Å². The van der Waals surface area contributed by atoms with Crippen LogP contribution >= 0.6 is 23.4 Å². The molecule has 18 heavy (non-hydrogen) atoms. The van der Waals surface area contributed by atoms with Crippen molar-refractivity contribution in [1.29, 1.82) is 0 Å². The van der Waals surface area contributed by atoms with Gasteiger partial charge in [-0.15, -0.1) is 10.2 Å². The Morgan fingerprint density at radius 2 is 2.00 bits per heavy atom. The van der Waals surface area contributed by atoms with Crippen molar-refractivity contribution >= 4 is 23.4 Å². The number of thioether (sulfide) groups is 1. The molecule has 0 radical (unpaired) electrons. The van der Waals surface area contributed by atoms with Crippen molar-refractivity contribution in [2.75, 3.05) is 12.0 Å². The summed E-state index contributed by atoms with van der Waals surface area (Å²) in [6.07, 6.45) is 2.11. The van der Waals surface area contributed by atoms with Crippen LogP contribution in [-0.4, -0.2) is 26.8 Å². The standard InChI is InChI=1S/C13H16ClN3S/c1-10(9-18-2)8-17-12(15-16-13(17)14)11-6-4-3-5-7-11/h3-7,10H,8-9H2,1-2H3. The normalized spacial score (nSPS) is 12.6. The third-order valence-corrected chi connectivity index (χ3v) is 3.87. The molecule has 3 nitrogen and oxygen atoms in total. The number of hydrogen-bond acceptors (Lipinski definition) is 3. The molecular weight excluding hydrogens is 266 g/mol. The van der Waals surface area contributed by atoms with E-state index in [0.29, 0.717) is 11.2 Å². The molecule has 0 saturated carbocycles. The summed E-state index contributed by atoms with van der Waals surface area (Å²) in [5.74, 6) is 2.48. The van der Waals surface area contributed by atoms with Crippen LogP contribution in [0.5, 0.6) is 0 Å². The summed E-state index contributed by atoms with van der Waals surface area (Å²) < 4.78 is 1.98. The van der Waals surface area contributed by atoms with Gasteiger partial charge in [0.05, 0.1) is 0 Å². The molecule has 0 bridgehead atoms. The molecule has 0 spiro atoms.